The van der Waals surface area contributed by atoms with Gasteiger partial charge in [0.05, 0.1) is 16.1 Å². The molecule has 0 aliphatic carbocycles. The number of rotatable bonds is 5. The van der Waals surface area contributed by atoms with E-state index < -0.39 is 5.97 Å². The molecule has 0 fully saturated rings. The van der Waals surface area contributed by atoms with Crippen LogP contribution in [-0.4, -0.2) is 12.1 Å². The van der Waals surface area contributed by atoms with Crippen LogP contribution in [0.15, 0.2) is 40.3 Å². The molecule has 1 aromatic heterocycles. The largest absolute Gasteiger partial charge is 0.459 e. The monoisotopic (exact) mass is 363 g/mol. The molecule has 0 aliphatic heterocycles. The number of hydrogen-bond acceptors (Lipinski definition) is 4. The van der Waals surface area contributed by atoms with Crippen LogP contribution in [0.4, 0.5) is 0 Å². The van der Waals surface area contributed by atoms with Gasteiger partial charge in [0.2, 0.25) is 0 Å². The molecule has 0 amide bonds. The van der Waals surface area contributed by atoms with Crippen molar-refractivity contribution in [2.75, 3.05) is 0 Å². The lowest BCUT2D eigenvalue weighted by Crippen LogP contribution is -2.15. The van der Waals surface area contributed by atoms with Crippen LogP contribution in [0.1, 0.15) is 26.0 Å². The van der Waals surface area contributed by atoms with Crippen molar-refractivity contribution in [3.63, 3.8) is 0 Å². The third kappa shape index (κ3) is 4.19. The zero-order valence-electron chi connectivity index (χ0n) is 13.2. The van der Waals surface area contributed by atoms with Gasteiger partial charge < -0.3 is 9.15 Å². The minimum absolute atomic E-state index is 0.131. The summed E-state index contributed by atoms with van der Waals surface area (Å²) in [5, 5.41) is 9.94. The second-order valence-corrected chi connectivity index (χ2v) is 5.88. The van der Waals surface area contributed by atoms with Gasteiger partial charge in [-0.3, -0.25) is 0 Å². The minimum Gasteiger partial charge on any atom is -0.459 e. The molecule has 0 saturated carbocycles. The number of nitriles is 1. The number of benzene rings is 1. The van der Waals surface area contributed by atoms with Gasteiger partial charge in [-0.25, -0.2) is 4.79 Å². The molecule has 0 saturated heterocycles. The van der Waals surface area contributed by atoms with Gasteiger partial charge in [0, 0.05) is 11.6 Å². The fourth-order valence-electron chi connectivity index (χ4n) is 1.88. The Kier molecular flexibility index (Phi) is 6.08. The van der Waals surface area contributed by atoms with Crippen LogP contribution in [0, 0.1) is 11.3 Å². The van der Waals surface area contributed by atoms with E-state index in [1.165, 1.54) is 6.08 Å². The summed E-state index contributed by atoms with van der Waals surface area (Å²) in [5.74, 6) is 0.158. The predicted octanol–water partition coefficient (Wildman–Crippen LogP) is 5.50. The van der Waals surface area contributed by atoms with Gasteiger partial charge >= 0.3 is 5.97 Å². The van der Waals surface area contributed by atoms with Gasteiger partial charge in [-0.15, -0.1) is 0 Å². The van der Waals surface area contributed by atoms with Crippen LogP contribution in [0.2, 0.25) is 10.0 Å². The van der Waals surface area contributed by atoms with Crippen LogP contribution >= 0.6 is 23.2 Å². The third-order valence-electron chi connectivity index (χ3n) is 3.35. The van der Waals surface area contributed by atoms with Crippen LogP contribution in [0.3, 0.4) is 0 Å². The molecule has 24 heavy (non-hydrogen) atoms. The maximum atomic E-state index is 11.9. The quantitative estimate of drug-likeness (QED) is 0.399. The van der Waals surface area contributed by atoms with Crippen molar-refractivity contribution >= 4 is 35.2 Å². The summed E-state index contributed by atoms with van der Waals surface area (Å²) >= 11 is 12.2. The summed E-state index contributed by atoms with van der Waals surface area (Å²) in [7, 11) is 0. The van der Waals surface area contributed by atoms with E-state index in [0.29, 0.717) is 33.6 Å². The number of esters is 1. The zero-order chi connectivity index (χ0) is 17.7. The lowest BCUT2D eigenvalue weighted by molar-refractivity contribution is -0.142. The molecule has 4 nitrogen and oxygen atoms in total. The average Bonchev–Trinajstić information content (AvgIpc) is 3.03. The van der Waals surface area contributed by atoms with E-state index in [2.05, 4.69) is 0 Å². The molecule has 0 bridgehead atoms. The minimum atomic E-state index is -0.675. The Morgan fingerprint density at radius 3 is 2.79 bits per heavy atom. The van der Waals surface area contributed by atoms with Crippen molar-refractivity contribution in [1.82, 2.24) is 0 Å². The standard InChI is InChI=1S/C18H15Cl2NO3/c1-3-11(2)23-18(22)12(10-21)9-13-7-8-16(24-13)14-5-4-6-15(19)17(14)20/h4-9,11H,3H2,1-2H3/b12-9+. The molecular formula is C18H15Cl2NO3. The van der Waals surface area contributed by atoms with Crippen LogP contribution < -0.4 is 0 Å². The summed E-state index contributed by atoms with van der Waals surface area (Å²) in [6.45, 7) is 3.65. The number of carbonyl (C=O) groups is 1. The average molecular weight is 364 g/mol. The molecule has 0 aliphatic rings. The molecule has 1 unspecified atom stereocenters. The van der Waals surface area contributed by atoms with E-state index in [9.17, 15) is 4.79 Å². The van der Waals surface area contributed by atoms with Crippen molar-refractivity contribution in [3.05, 3.63) is 51.7 Å². The second-order valence-electron chi connectivity index (χ2n) is 5.10. The van der Waals surface area contributed by atoms with Crippen molar-refractivity contribution in [3.8, 4) is 17.4 Å². The van der Waals surface area contributed by atoms with E-state index in [1.807, 2.05) is 13.0 Å². The van der Waals surface area contributed by atoms with Gasteiger partial charge in [0.25, 0.3) is 0 Å². The Morgan fingerprint density at radius 2 is 2.12 bits per heavy atom. The SMILES string of the molecule is CCC(C)OC(=O)/C(C#N)=C/c1ccc(-c2cccc(Cl)c2Cl)o1. The highest BCUT2D eigenvalue weighted by Crippen LogP contribution is 2.34. The van der Waals surface area contributed by atoms with E-state index >= 15 is 0 Å². The lowest BCUT2D eigenvalue weighted by atomic mass is 10.2. The molecule has 0 N–H and O–H groups in total. The topological polar surface area (TPSA) is 63.2 Å². The van der Waals surface area contributed by atoms with Crippen LogP contribution in [0.5, 0.6) is 0 Å². The van der Waals surface area contributed by atoms with Crippen molar-refractivity contribution in [1.29, 1.82) is 5.26 Å². The number of carbonyl (C=O) groups excluding carboxylic acids is 1. The van der Waals surface area contributed by atoms with E-state index in [-0.39, 0.29) is 11.7 Å². The van der Waals surface area contributed by atoms with Gasteiger partial charge in [0.1, 0.15) is 23.2 Å². The molecule has 1 heterocycles. The van der Waals surface area contributed by atoms with E-state index in [0.717, 1.165) is 0 Å². The van der Waals surface area contributed by atoms with Gasteiger partial charge in [-0.2, -0.15) is 5.26 Å². The number of nitrogens with zero attached hydrogens (tertiary/aromatic N) is 1. The molecule has 124 valence electrons. The summed E-state index contributed by atoms with van der Waals surface area (Å²) in [6, 6.07) is 10.4. The Hall–Kier alpha value is -2.22. The highest BCUT2D eigenvalue weighted by molar-refractivity contribution is 6.43. The smallest absolute Gasteiger partial charge is 0.349 e. The fourth-order valence-corrected chi connectivity index (χ4v) is 2.27. The van der Waals surface area contributed by atoms with Crippen molar-refractivity contribution in [2.24, 2.45) is 0 Å². The van der Waals surface area contributed by atoms with Crippen LogP contribution in [-0.2, 0) is 9.53 Å². The van der Waals surface area contributed by atoms with E-state index in [4.69, 9.17) is 37.6 Å². The van der Waals surface area contributed by atoms with Gasteiger partial charge in [-0.1, -0.05) is 36.2 Å². The number of halogens is 2. The summed E-state index contributed by atoms with van der Waals surface area (Å²) in [5.41, 5.74) is 0.498. The zero-order valence-corrected chi connectivity index (χ0v) is 14.7. The highest BCUT2D eigenvalue weighted by atomic mass is 35.5. The molecule has 6 heteroatoms. The Labute approximate surface area is 150 Å². The molecule has 2 aromatic rings. The summed E-state index contributed by atoms with van der Waals surface area (Å²) in [6.07, 6.45) is 1.75. The third-order valence-corrected chi connectivity index (χ3v) is 4.17. The molecule has 1 aromatic carbocycles. The molecule has 0 radical (unpaired) electrons. The summed E-state index contributed by atoms with van der Waals surface area (Å²) < 4.78 is 10.8. The fraction of sp³-hybridized carbons (Fsp3) is 0.222. The van der Waals surface area contributed by atoms with E-state index in [1.54, 1.807) is 37.3 Å². The first-order valence-corrected chi connectivity index (χ1v) is 8.08. The molecule has 2 rings (SSSR count). The molecule has 1 atom stereocenters. The van der Waals surface area contributed by atoms with Crippen LogP contribution in [0.25, 0.3) is 17.4 Å². The van der Waals surface area contributed by atoms with Gasteiger partial charge in [0.15, 0.2) is 0 Å². The van der Waals surface area contributed by atoms with Crippen molar-refractivity contribution in [2.45, 2.75) is 26.4 Å². The first-order valence-electron chi connectivity index (χ1n) is 7.33. The first kappa shape index (κ1) is 18.1. The predicted molar refractivity (Wildman–Crippen MR) is 93.6 cm³/mol. The normalized spacial score (nSPS) is 12.5. The molecular weight excluding hydrogens is 349 g/mol. The summed E-state index contributed by atoms with van der Waals surface area (Å²) in [4.78, 5) is 11.9. The number of furan rings is 1. The molecule has 0 spiro atoms. The maximum Gasteiger partial charge on any atom is 0.349 e. The Balaban J connectivity index is 2.28. The highest BCUT2D eigenvalue weighted by Gasteiger charge is 2.15. The van der Waals surface area contributed by atoms with Crippen molar-refractivity contribution < 1.29 is 13.9 Å². The number of ether oxygens (including phenoxy) is 1. The Bertz CT molecular complexity index is 818. The lowest BCUT2D eigenvalue weighted by Gasteiger charge is -2.09. The Morgan fingerprint density at radius 1 is 1.38 bits per heavy atom. The maximum absolute atomic E-state index is 11.9. The van der Waals surface area contributed by atoms with Gasteiger partial charge in [-0.05, 0) is 37.6 Å². The first-order chi connectivity index (χ1) is 11.5. The number of hydrogen-bond donors (Lipinski definition) is 0. The second kappa shape index (κ2) is 8.05.